The zero-order valence-electron chi connectivity index (χ0n) is 23.9. The van der Waals surface area contributed by atoms with E-state index in [9.17, 15) is 0 Å². The molecule has 0 saturated heterocycles. The number of nitrogens with zero attached hydrogens (tertiary/aromatic N) is 6. The zero-order chi connectivity index (χ0) is 32.7. The maximum absolute atomic E-state index is 8.95. The van der Waals surface area contributed by atoms with E-state index in [2.05, 4.69) is 30.7 Å². The van der Waals surface area contributed by atoms with Crippen LogP contribution in [0.5, 0.6) is 0 Å². The third-order valence-electron chi connectivity index (χ3n) is 7.46. The van der Waals surface area contributed by atoms with E-state index < -0.39 is 9.33 Å². The summed E-state index contributed by atoms with van der Waals surface area (Å²) in [7, 11) is 4.42. The van der Waals surface area contributed by atoms with Gasteiger partial charge in [0.25, 0.3) is 0 Å². The van der Waals surface area contributed by atoms with Crippen molar-refractivity contribution in [2.45, 2.75) is 0 Å². The molecule has 15 heteroatoms. The summed E-state index contributed by atoms with van der Waals surface area (Å²) in [5, 5.41) is 3.82. The molecule has 8 bridgehead atoms. The van der Waals surface area contributed by atoms with Crippen molar-refractivity contribution in [1.82, 2.24) is 39.9 Å². The Balaban J connectivity index is 0.000000462. The van der Waals surface area contributed by atoms with Crippen LogP contribution >= 0.6 is 20.7 Å². The van der Waals surface area contributed by atoms with Crippen molar-refractivity contribution in [3.05, 3.63) is 97.1 Å². The van der Waals surface area contributed by atoms with E-state index >= 15 is 0 Å². The van der Waals surface area contributed by atoms with E-state index in [0.29, 0.717) is 45.9 Å². The summed E-state index contributed by atoms with van der Waals surface area (Å²) < 4.78 is 25.2. The number of hydrogen-bond donors (Lipinski definition) is 3. The van der Waals surface area contributed by atoms with Gasteiger partial charge in [-0.15, -0.1) is 0 Å². The summed E-state index contributed by atoms with van der Waals surface area (Å²) in [5.41, 5.74) is 6.45. The van der Waals surface area contributed by atoms with Crippen molar-refractivity contribution in [3.8, 4) is 45.6 Å². The molecule has 2 aliphatic rings. The summed E-state index contributed by atoms with van der Waals surface area (Å²) in [6, 6.07) is 32.2. The van der Waals surface area contributed by atoms with Gasteiger partial charge in [0.15, 0.2) is 23.3 Å². The normalized spacial score (nSPS) is 11.6. The Labute approximate surface area is 283 Å². The summed E-state index contributed by atoms with van der Waals surface area (Å²) in [4.78, 5) is 36.8. The van der Waals surface area contributed by atoms with Crippen LogP contribution in [0.15, 0.2) is 97.1 Å². The largest absolute Gasteiger partial charge is 0.324 e. The van der Waals surface area contributed by atoms with Crippen LogP contribution in [-0.2, 0) is 9.33 Å². The van der Waals surface area contributed by atoms with Crippen molar-refractivity contribution < 1.29 is 13.0 Å². The molecule has 4 aromatic carbocycles. The maximum atomic E-state index is 8.95. The SMILES string of the molecule is O=S(=O)(O)Cl.[Al+2][Cl].c1ccc2c(c1)-c1nc-2nc2[nH]c(nc3nc(nc4[nH]c(n1)c1ccccc41)-c1ccccc1-3)c1ccccc21. The number of nitrogens with one attached hydrogen (secondary N) is 2. The number of halogens is 2. The van der Waals surface area contributed by atoms with E-state index in [1.54, 1.807) is 0 Å². The van der Waals surface area contributed by atoms with E-state index in [1.165, 1.54) is 0 Å². The quantitative estimate of drug-likeness (QED) is 0.0846. The topological polar surface area (TPSA) is 163 Å². The predicted octanol–water partition coefficient (Wildman–Crippen LogP) is 7.21. The molecule has 0 unspecified atom stereocenters. The van der Waals surface area contributed by atoms with Gasteiger partial charge in [-0.25, -0.2) is 29.9 Å². The van der Waals surface area contributed by atoms with Crippen LogP contribution in [0.25, 0.3) is 89.7 Å². The molecule has 47 heavy (non-hydrogen) atoms. The zero-order valence-corrected chi connectivity index (χ0v) is 27.4. The Kier molecular flexibility index (Phi) is 8.19. The molecule has 3 aromatic heterocycles. The van der Waals surface area contributed by atoms with Crippen LogP contribution < -0.4 is 0 Å². The Hall–Kier alpha value is -4.74. The molecule has 0 atom stereocenters. The summed E-state index contributed by atoms with van der Waals surface area (Å²) in [6.07, 6.45) is 0. The van der Waals surface area contributed by atoms with Gasteiger partial charge in [-0.3, -0.25) is 4.55 Å². The van der Waals surface area contributed by atoms with Crippen LogP contribution in [0.4, 0.5) is 0 Å². The van der Waals surface area contributed by atoms with Crippen LogP contribution in [0.3, 0.4) is 0 Å². The Morgan fingerprint density at radius 3 is 0.915 bits per heavy atom. The number of aromatic amines is 2. The molecule has 0 aliphatic carbocycles. The Bertz CT molecular complexity index is 2300. The van der Waals surface area contributed by atoms with Crippen LogP contribution in [0.1, 0.15) is 0 Å². The van der Waals surface area contributed by atoms with Gasteiger partial charge in [-0.05, 0) is 0 Å². The van der Waals surface area contributed by atoms with Crippen molar-refractivity contribution in [2.75, 3.05) is 0 Å². The fourth-order valence-electron chi connectivity index (χ4n) is 5.59. The monoisotopic (exact) mass is 692 g/mol. The van der Waals surface area contributed by atoms with Gasteiger partial charge in [0.05, 0.1) is 0 Å². The molecule has 7 aromatic rings. The first-order valence-corrected chi connectivity index (χ1v) is 17.9. The minimum Gasteiger partial charge on any atom is -0.324 e. The molecule has 226 valence electrons. The van der Waals surface area contributed by atoms with Gasteiger partial charge in [-0.1, -0.05) is 97.1 Å². The van der Waals surface area contributed by atoms with E-state index in [0.717, 1.165) is 43.8 Å². The molecule has 0 spiro atoms. The third-order valence-corrected chi connectivity index (χ3v) is 7.46. The summed E-state index contributed by atoms with van der Waals surface area (Å²) >= 11 is 1.89. The van der Waals surface area contributed by atoms with Crippen molar-refractivity contribution in [1.29, 1.82) is 0 Å². The minimum atomic E-state index is -4.19. The third kappa shape index (κ3) is 5.97. The molecule has 0 saturated carbocycles. The fourth-order valence-corrected chi connectivity index (χ4v) is 5.59. The van der Waals surface area contributed by atoms with Crippen molar-refractivity contribution >= 4 is 89.6 Å². The minimum absolute atomic E-state index is 0.597. The molecule has 2 aliphatic heterocycles. The standard InChI is InChI=1S/C32H18N8.Al.ClHO3S.ClH/c1-2-10-18-17(9-1)25-33-26(18)38-28-21-13-5-6-14-22(21)30(35-28)40-32-24-16-8-7-15-23(24)31(36-32)39-29-20-12-4-3-11-19(20)27(34-29)37-25;;1-5(2,3)4;/h1-16H,(H2,33,34,35,36,37,38,39,40);;(H,2,3,4);1H/q;+3;;/p-1. The van der Waals surface area contributed by atoms with Gasteiger partial charge < -0.3 is 9.97 Å². The summed E-state index contributed by atoms with van der Waals surface area (Å²) in [5.74, 6) is 2.39. The second kappa shape index (κ2) is 12.5. The number of aromatic nitrogens is 8. The first-order valence-electron chi connectivity index (χ1n) is 13.9. The average molecular weight is 694 g/mol. The van der Waals surface area contributed by atoms with E-state index in [4.69, 9.17) is 42.9 Å². The molecular formula is C32H19AlCl2N8O3S+2. The molecule has 0 radical (unpaired) electrons. The second-order valence-corrected chi connectivity index (χ2v) is 12.2. The molecule has 11 nitrogen and oxygen atoms in total. The van der Waals surface area contributed by atoms with Crippen LogP contribution in [-0.4, -0.2) is 68.2 Å². The molecule has 0 fully saturated rings. The Morgan fingerprint density at radius 2 is 0.681 bits per heavy atom. The van der Waals surface area contributed by atoms with E-state index in [-0.39, 0.29) is 0 Å². The first kappa shape index (κ1) is 30.9. The number of benzene rings is 4. The van der Waals surface area contributed by atoms with Crippen LogP contribution in [0, 0.1) is 0 Å². The maximum Gasteiger partial charge on any atom is 0.164 e. The van der Waals surface area contributed by atoms with Gasteiger partial charge in [0.1, 0.15) is 22.6 Å². The molecule has 3 N–H and O–H groups in total. The number of rotatable bonds is 0. The van der Waals surface area contributed by atoms with Crippen molar-refractivity contribution in [2.24, 2.45) is 0 Å². The second-order valence-electron chi connectivity index (χ2n) is 10.2. The van der Waals surface area contributed by atoms with Crippen molar-refractivity contribution in [3.63, 3.8) is 0 Å². The average Bonchev–Trinajstić information content (AvgIpc) is 3.81. The molecule has 5 heterocycles. The van der Waals surface area contributed by atoms with Gasteiger partial charge in [-0.2, -0.15) is 8.42 Å². The van der Waals surface area contributed by atoms with Gasteiger partial charge >= 0.3 is 34.7 Å². The molecule has 9 rings (SSSR count). The number of fused-ring (bicyclic) bond motifs is 20. The summed E-state index contributed by atoms with van der Waals surface area (Å²) in [6.45, 7) is 0. The first-order chi connectivity index (χ1) is 22.8. The van der Waals surface area contributed by atoms with E-state index in [1.807, 2.05) is 112 Å². The molecular weight excluding hydrogens is 674 g/mol. The number of hydrogen-bond acceptors (Lipinski definition) is 8. The molecule has 0 amide bonds. The number of H-pyrrole nitrogens is 2. The van der Waals surface area contributed by atoms with Gasteiger partial charge in [0, 0.05) is 54.5 Å². The van der Waals surface area contributed by atoms with Gasteiger partial charge in [0.2, 0.25) is 0 Å². The fraction of sp³-hybridized carbons (Fsp3) is 0. The van der Waals surface area contributed by atoms with Crippen LogP contribution in [0.2, 0.25) is 0 Å². The Morgan fingerprint density at radius 1 is 0.468 bits per heavy atom. The predicted molar refractivity (Wildman–Crippen MR) is 185 cm³/mol. The smallest absolute Gasteiger partial charge is 0.164 e.